The zero-order valence-electron chi connectivity index (χ0n) is 10.5. The van der Waals surface area contributed by atoms with Crippen molar-refractivity contribution >= 4 is 11.4 Å². The van der Waals surface area contributed by atoms with Crippen molar-refractivity contribution in [3.05, 3.63) is 22.2 Å². The Morgan fingerprint density at radius 2 is 1.94 bits per heavy atom. The first-order valence-electron chi connectivity index (χ1n) is 5.32. The largest absolute Gasteiger partial charge is 0.493 e. The Bertz CT molecular complexity index is 434. The van der Waals surface area contributed by atoms with Gasteiger partial charge in [-0.15, -0.1) is 0 Å². The Balaban J connectivity index is 3.16. The third-order valence-corrected chi connectivity index (χ3v) is 2.29. The van der Waals surface area contributed by atoms with Crippen molar-refractivity contribution in [2.75, 3.05) is 26.1 Å². The topological polar surface area (TPSA) is 93.9 Å². The number of ether oxygens (including phenoxy) is 2. The number of nitrogens with one attached hydrogen (secondary N) is 1. The van der Waals surface area contributed by atoms with Gasteiger partial charge in [-0.25, -0.2) is 0 Å². The Morgan fingerprint density at radius 3 is 2.39 bits per heavy atom. The molecule has 0 fully saturated rings. The summed E-state index contributed by atoms with van der Waals surface area (Å²) in [6.07, 6.45) is -0.613. The van der Waals surface area contributed by atoms with E-state index >= 15 is 0 Å². The molecule has 0 bridgehead atoms. The molecule has 1 aromatic carbocycles. The maximum Gasteiger partial charge on any atom is 0.296 e. The molecule has 0 spiro atoms. The van der Waals surface area contributed by atoms with Gasteiger partial charge in [0.25, 0.3) is 5.69 Å². The van der Waals surface area contributed by atoms with Crippen LogP contribution in [0.15, 0.2) is 12.1 Å². The lowest BCUT2D eigenvalue weighted by atomic mass is 10.2. The summed E-state index contributed by atoms with van der Waals surface area (Å²) in [5.74, 6) is 0.669. The zero-order valence-corrected chi connectivity index (χ0v) is 10.5. The Labute approximate surface area is 104 Å². The van der Waals surface area contributed by atoms with Crippen LogP contribution in [0.25, 0.3) is 0 Å². The molecule has 100 valence electrons. The molecule has 7 nitrogen and oxygen atoms in total. The first-order valence-corrected chi connectivity index (χ1v) is 5.32. The number of benzene rings is 1. The molecular weight excluding hydrogens is 240 g/mol. The molecule has 0 aliphatic rings. The lowest BCUT2D eigenvalue weighted by Crippen LogP contribution is -2.16. The van der Waals surface area contributed by atoms with Crippen molar-refractivity contribution in [3.63, 3.8) is 0 Å². The van der Waals surface area contributed by atoms with Crippen LogP contribution in [0, 0.1) is 10.1 Å². The van der Waals surface area contributed by atoms with E-state index in [2.05, 4.69) is 5.32 Å². The summed E-state index contributed by atoms with van der Waals surface area (Å²) >= 11 is 0. The van der Waals surface area contributed by atoms with Crippen LogP contribution in [-0.4, -0.2) is 36.9 Å². The zero-order chi connectivity index (χ0) is 13.7. The van der Waals surface area contributed by atoms with E-state index in [1.165, 1.54) is 26.4 Å². The Kier molecular flexibility index (Phi) is 4.73. The number of nitro benzene ring substituents is 1. The molecule has 2 N–H and O–H groups in total. The number of nitro groups is 1. The predicted octanol–water partition coefficient (Wildman–Crippen LogP) is 1.40. The van der Waals surface area contributed by atoms with Crippen LogP contribution in [0.2, 0.25) is 0 Å². The van der Waals surface area contributed by atoms with E-state index in [9.17, 15) is 15.2 Å². The number of aliphatic hydroxyl groups excluding tert-OH is 1. The molecule has 0 saturated carbocycles. The van der Waals surface area contributed by atoms with Crippen LogP contribution < -0.4 is 14.8 Å². The quantitative estimate of drug-likeness (QED) is 0.590. The van der Waals surface area contributed by atoms with Crippen LogP contribution in [0.1, 0.15) is 6.92 Å². The van der Waals surface area contributed by atoms with Gasteiger partial charge in [-0.2, -0.15) is 0 Å². The molecule has 7 heteroatoms. The molecule has 0 aliphatic carbocycles. The van der Waals surface area contributed by atoms with Gasteiger partial charge >= 0.3 is 0 Å². The van der Waals surface area contributed by atoms with Crippen LogP contribution >= 0.6 is 0 Å². The van der Waals surface area contributed by atoms with Gasteiger partial charge in [0.2, 0.25) is 0 Å². The van der Waals surface area contributed by atoms with Gasteiger partial charge in [-0.3, -0.25) is 10.1 Å². The Hall–Kier alpha value is -2.02. The molecule has 1 aromatic rings. The molecule has 1 rings (SSSR count). The van der Waals surface area contributed by atoms with Crippen molar-refractivity contribution in [2.24, 2.45) is 0 Å². The molecule has 0 saturated heterocycles. The number of anilines is 1. The van der Waals surface area contributed by atoms with Gasteiger partial charge in [-0.05, 0) is 6.92 Å². The molecule has 0 heterocycles. The van der Waals surface area contributed by atoms with Gasteiger partial charge in [0.1, 0.15) is 5.69 Å². The number of methoxy groups -OCH3 is 2. The highest BCUT2D eigenvalue weighted by Gasteiger charge is 2.19. The van der Waals surface area contributed by atoms with Crippen molar-refractivity contribution in [1.29, 1.82) is 0 Å². The smallest absolute Gasteiger partial charge is 0.296 e. The van der Waals surface area contributed by atoms with Crippen LogP contribution in [0.3, 0.4) is 0 Å². The van der Waals surface area contributed by atoms with Crippen LogP contribution in [0.5, 0.6) is 11.5 Å². The van der Waals surface area contributed by atoms with E-state index in [0.717, 1.165) is 0 Å². The average Bonchev–Trinajstić information content (AvgIpc) is 2.34. The normalized spacial score (nSPS) is 11.8. The fourth-order valence-corrected chi connectivity index (χ4v) is 1.42. The van der Waals surface area contributed by atoms with Crippen molar-refractivity contribution in [3.8, 4) is 11.5 Å². The second kappa shape index (κ2) is 6.06. The van der Waals surface area contributed by atoms with Gasteiger partial charge in [0.15, 0.2) is 11.5 Å². The number of nitrogens with zero attached hydrogens (tertiary/aromatic N) is 1. The van der Waals surface area contributed by atoms with E-state index in [4.69, 9.17) is 9.47 Å². The summed E-state index contributed by atoms with van der Waals surface area (Å²) in [6, 6.07) is 2.75. The van der Waals surface area contributed by atoms with E-state index in [0.29, 0.717) is 5.75 Å². The van der Waals surface area contributed by atoms with E-state index in [-0.39, 0.29) is 23.7 Å². The van der Waals surface area contributed by atoms with Gasteiger partial charge < -0.3 is 19.9 Å². The highest BCUT2D eigenvalue weighted by atomic mass is 16.6. The fourth-order valence-electron chi connectivity index (χ4n) is 1.42. The Morgan fingerprint density at radius 1 is 1.39 bits per heavy atom. The van der Waals surface area contributed by atoms with E-state index in [1.807, 2.05) is 0 Å². The maximum absolute atomic E-state index is 10.9. The van der Waals surface area contributed by atoms with Crippen molar-refractivity contribution in [2.45, 2.75) is 13.0 Å². The molecule has 0 radical (unpaired) electrons. The standard InChI is InChI=1S/C11H16N2O5/c1-7(14)6-12-8-4-10(17-2)11(18-3)5-9(8)13(15)16/h4-5,7,12,14H,6H2,1-3H3. The number of hydrogen-bond acceptors (Lipinski definition) is 6. The third-order valence-electron chi connectivity index (χ3n) is 2.29. The highest BCUT2D eigenvalue weighted by Crippen LogP contribution is 2.37. The number of aliphatic hydroxyl groups is 1. The lowest BCUT2D eigenvalue weighted by Gasteiger charge is -2.12. The first kappa shape index (κ1) is 14.0. The monoisotopic (exact) mass is 256 g/mol. The summed E-state index contributed by atoms with van der Waals surface area (Å²) in [6.45, 7) is 1.79. The lowest BCUT2D eigenvalue weighted by molar-refractivity contribution is -0.384. The molecule has 0 aliphatic heterocycles. The summed E-state index contributed by atoms with van der Waals surface area (Å²) in [5, 5.41) is 22.9. The molecule has 1 unspecified atom stereocenters. The minimum absolute atomic E-state index is 0.131. The highest BCUT2D eigenvalue weighted by molar-refractivity contribution is 5.68. The van der Waals surface area contributed by atoms with Crippen LogP contribution in [-0.2, 0) is 0 Å². The summed E-state index contributed by atoms with van der Waals surface area (Å²) < 4.78 is 10.1. The molecule has 1 atom stereocenters. The van der Waals surface area contributed by atoms with E-state index < -0.39 is 11.0 Å². The van der Waals surface area contributed by atoms with Crippen molar-refractivity contribution < 1.29 is 19.5 Å². The number of rotatable bonds is 6. The molecule has 18 heavy (non-hydrogen) atoms. The fraction of sp³-hybridized carbons (Fsp3) is 0.455. The van der Waals surface area contributed by atoms with Crippen molar-refractivity contribution in [1.82, 2.24) is 0 Å². The molecule has 0 aromatic heterocycles. The minimum Gasteiger partial charge on any atom is -0.493 e. The summed E-state index contributed by atoms with van der Waals surface area (Å²) in [5.41, 5.74) is 0.145. The van der Waals surface area contributed by atoms with E-state index in [1.54, 1.807) is 6.92 Å². The van der Waals surface area contributed by atoms with Gasteiger partial charge in [0, 0.05) is 12.6 Å². The van der Waals surface area contributed by atoms with Gasteiger partial charge in [-0.1, -0.05) is 0 Å². The molecular formula is C11H16N2O5. The predicted molar refractivity (Wildman–Crippen MR) is 66.4 cm³/mol. The minimum atomic E-state index is -0.613. The second-order valence-corrected chi connectivity index (χ2v) is 3.71. The molecule has 0 amide bonds. The average molecular weight is 256 g/mol. The second-order valence-electron chi connectivity index (χ2n) is 3.71. The SMILES string of the molecule is COc1cc(NCC(C)O)c([N+](=O)[O-])cc1OC. The van der Waals surface area contributed by atoms with Gasteiger partial charge in [0.05, 0.1) is 31.3 Å². The summed E-state index contributed by atoms with van der Waals surface area (Å²) in [4.78, 5) is 10.4. The number of hydrogen-bond donors (Lipinski definition) is 2. The first-order chi connectivity index (χ1) is 8.49. The third kappa shape index (κ3) is 3.24. The van der Waals surface area contributed by atoms with Crippen LogP contribution in [0.4, 0.5) is 11.4 Å². The maximum atomic E-state index is 10.9. The summed E-state index contributed by atoms with van der Waals surface area (Å²) in [7, 11) is 2.85.